The van der Waals surface area contributed by atoms with Gasteiger partial charge in [-0.25, -0.2) is 4.98 Å². The Morgan fingerprint density at radius 1 is 1.40 bits per heavy atom. The number of anilines is 2. The summed E-state index contributed by atoms with van der Waals surface area (Å²) in [6.07, 6.45) is 4.08. The highest BCUT2D eigenvalue weighted by molar-refractivity contribution is 6.08. The highest BCUT2D eigenvalue weighted by Gasteiger charge is 2.20. The second-order valence-corrected chi connectivity index (χ2v) is 3.95. The molecule has 2 heterocycles. The van der Waals surface area contributed by atoms with Crippen molar-refractivity contribution in [1.29, 1.82) is 0 Å². The number of aromatic nitrogens is 2. The Morgan fingerprint density at radius 3 is 2.65 bits per heavy atom. The first-order valence-electron chi connectivity index (χ1n) is 5.58. The number of nitrogens with zero attached hydrogens (tertiary/aromatic N) is 4. The number of hydrogen-bond donors (Lipinski definition) is 1. The highest BCUT2D eigenvalue weighted by Crippen LogP contribution is 2.20. The van der Waals surface area contributed by atoms with Gasteiger partial charge in [-0.15, -0.1) is 0 Å². The molecule has 0 aliphatic carbocycles. The lowest BCUT2D eigenvalue weighted by Gasteiger charge is -2.17. The Bertz CT molecular complexity index is 659. The van der Waals surface area contributed by atoms with E-state index in [1.807, 2.05) is 0 Å². The first-order valence-corrected chi connectivity index (χ1v) is 5.58. The maximum atomic E-state index is 12.3. The van der Waals surface area contributed by atoms with Gasteiger partial charge in [-0.05, 0) is 12.1 Å². The number of carbonyl (C=O) groups is 1. The number of hydrogen-bond acceptors (Lipinski definition) is 6. The molecule has 2 aromatic heterocycles. The Morgan fingerprint density at radius 2 is 2.05 bits per heavy atom. The molecule has 0 bridgehead atoms. The molecule has 0 unspecified atom stereocenters. The first-order chi connectivity index (χ1) is 9.50. The number of nitro groups is 1. The number of nitrogen functional groups attached to an aromatic ring is 1. The number of pyridine rings is 2. The van der Waals surface area contributed by atoms with Crippen LogP contribution in [0.4, 0.5) is 17.2 Å². The van der Waals surface area contributed by atoms with E-state index in [2.05, 4.69) is 9.97 Å². The third-order valence-corrected chi connectivity index (χ3v) is 2.70. The van der Waals surface area contributed by atoms with Crippen molar-refractivity contribution in [3.63, 3.8) is 0 Å². The minimum Gasteiger partial charge on any atom is -0.383 e. The van der Waals surface area contributed by atoms with Crippen molar-refractivity contribution in [3.05, 3.63) is 52.5 Å². The van der Waals surface area contributed by atoms with Crippen LogP contribution in [0.3, 0.4) is 0 Å². The Hall–Kier alpha value is -3.03. The molecule has 0 spiro atoms. The summed E-state index contributed by atoms with van der Waals surface area (Å²) in [4.78, 5) is 31.2. The quantitative estimate of drug-likeness (QED) is 0.664. The maximum Gasteiger partial charge on any atom is 0.288 e. The van der Waals surface area contributed by atoms with Gasteiger partial charge in [0.25, 0.3) is 11.6 Å². The lowest BCUT2D eigenvalue weighted by molar-refractivity contribution is -0.385. The van der Waals surface area contributed by atoms with E-state index in [1.165, 1.54) is 24.3 Å². The Balaban J connectivity index is 2.38. The van der Waals surface area contributed by atoms with Crippen LogP contribution in [0.5, 0.6) is 0 Å². The van der Waals surface area contributed by atoms with Gasteiger partial charge in [0.05, 0.1) is 10.5 Å². The molecule has 0 atom stereocenters. The van der Waals surface area contributed by atoms with E-state index in [1.54, 1.807) is 12.1 Å². The molecule has 20 heavy (non-hydrogen) atoms. The van der Waals surface area contributed by atoms with Crippen molar-refractivity contribution in [2.45, 2.75) is 0 Å². The fourth-order valence-electron chi connectivity index (χ4n) is 1.60. The van der Waals surface area contributed by atoms with E-state index in [-0.39, 0.29) is 17.1 Å². The molecule has 0 saturated carbocycles. The summed E-state index contributed by atoms with van der Waals surface area (Å²) in [5, 5.41) is 10.7. The van der Waals surface area contributed by atoms with Crippen molar-refractivity contribution in [2.75, 3.05) is 17.7 Å². The van der Waals surface area contributed by atoms with Crippen molar-refractivity contribution in [3.8, 4) is 0 Å². The molecule has 8 heteroatoms. The number of nitrogens with two attached hydrogens (primary N) is 1. The summed E-state index contributed by atoms with van der Waals surface area (Å²) < 4.78 is 0. The van der Waals surface area contributed by atoms with Gasteiger partial charge in [-0.1, -0.05) is 0 Å². The van der Waals surface area contributed by atoms with Crippen molar-refractivity contribution < 1.29 is 9.72 Å². The summed E-state index contributed by atoms with van der Waals surface area (Å²) in [5.74, 6) is -0.536. The van der Waals surface area contributed by atoms with Crippen molar-refractivity contribution >= 4 is 23.1 Å². The van der Waals surface area contributed by atoms with Gasteiger partial charge in [-0.2, -0.15) is 0 Å². The van der Waals surface area contributed by atoms with Gasteiger partial charge < -0.3 is 10.6 Å². The average molecular weight is 273 g/mol. The molecular formula is C12H11N5O3. The van der Waals surface area contributed by atoms with E-state index in [4.69, 9.17) is 5.73 Å². The molecule has 0 aromatic carbocycles. The van der Waals surface area contributed by atoms with Crippen LogP contribution in [0, 0.1) is 10.1 Å². The van der Waals surface area contributed by atoms with Crippen LogP contribution in [-0.4, -0.2) is 27.8 Å². The second kappa shape index (κ2) is 5.31. The minimum absolute atomic E-state index is 0.0153. The Labute approximate surface area is 114 Å². The molecule has 2 rings (SSSR count). The largest absolute Gasteiger partial charge is 0.383 e. The van der Waals surface area contributed by atoms with Crippen LogP contribution >= 0.6 is 0 Å². The molecule has 1 amide bonds. The predicted octanol–water partition coefficient (Wildman–Crippen LogP) is 1.24. The van der Waals surface area contributed by atoms with E-state index >= 15 is 0 Å². The Kier molecular flexibility index (Phi) is 3.56. The summed E-state index contributed by atoms with van der Waals surface area (Å²) >= 11 is 0. The molecule has 0 radical (unpaired) electrons. The van der Waals surface area contributed by atoms with Crippen molar-refractivity contribution in [1.82, 2.24) is 9.97 Å². The number of carbonyl (C=O) groups excluding carboxylic acids is 1. The monoisotopic (exact) mass is 273 g/mol. The fraction of sp³-hybridized carbons (Fsp3) is 0.0833. The molecule has 8 nitrogen and oxygen atoms in total. The maximum absolute atomic E-state index is 12.3. The highest BCUT2D eigenvalue weighted by atomic mass is 16.6. The predicted molar refractivity (Wildman–Crippen MR) is 72.3 cm³/mol. The smallest absolute Gasteiger partial charge is 0.288 e. The molecule has 0 saturated heterocycles. The second-order valence-electron chi connectivity index (χ2n) is 3.95. The van der Waals surface area contributed by atoms with E-state index in [0.29, 0.717) is 5.69 Å². The summed E-state index contributed by atoms with van der Waals surface area (Å²) in [6.45, 7) is 0. The number of amides is 1. The molecule has 0 aliphatic rings. The molecule has 2 N–H and O–H groups in total. The first kappa shape index (κ1) is 13.4. The summed E-state index contributed by atoms with van der Waals surface area (Å²) in [5.41, 5.74) is 5.90. The zero-order chi connectivity index (χ0) is 14.7. The molecule has 0 aliphatic heterocycles. The van der Waals surface area contributed by atoms with Gasteiger partial charge in [0.2, 0.25) is 0 Å². The van der Waals surface area contributed by atoms with Crippen LogP contribution in [0.2, 0.25) is 0 Å². The van der Waals surface area contributed by atoms with Gasteiger partial charge >= 0.3 is 0 Å². The SMILES string of the molecule is CN(C(=O)c1cc([N+](=O)[O-])cnc1N)c1ccncc1. The van der Waals surface area contributed by atoms with Crippen LogP contribution < -0.4 is 10.6 Å². The van der Waals surface area contributed by atoms with Gasteiger partial charge in [0.15, 0.2) is 0 Å². The topological polar surface area (TPSA) is 115 Å². The average Bonchev–Trinajstić information content (AvgIpc) is 2.47. The number of rotatable bonds is 3. The third kappa shape index (κ3) is 2.53. The zero-order valence-corrected chi connectivity index (χ0v) is 10.6. The van der Waals surface area contributed by atoms with Gasteiger partial charge in [-0.3, -0.25) is 19.9 Å². The summed E-state index contributed by atoms with van der Waals surface area (Å²) in [7, 11) is 1.54. The standard InChI is InChI=1S/C12H11N5O3/c1-16(8-2-4-14-5-3-8)12(18)10-6-9(17(19)20)7-15-11(10)13/h2-7H,1H3,(H2,13,15). The van der Waals surface area contributed by atoms with E-state index in [9.17, 15) is 14.9 Å². The fourth-order valence-corrected chi connectivity index (χ4v) is 1.60. The minimum atomic E-state index is -0.629. The molecule has 102 valence electrons. The van der Waals surface area contributed by atoms with E-state index in [0.717, 1.165) is 12.3 Å². The van der Waals surface area contributed by atoms with E-state index < -0.39 is 10.8 Å². The van der Waals surface area contributed by atoms with Crippen LogP contribution in [0.1, 0.15) is 10.4 Å². The molecule has 0 fully saturated rings. The van der Waals surface area contributed by atoms with Crippen LogP contribution in [0.15, 0.2) is 36.8 Å². The summed E-state index contributed by atoms with van der Waals surface area (Å²) in [6, 6.07) is 4.39. The lowest BCUT2D eigenvalue weighted by atomic mass is 10.2. The lowest BCUT2D eigenvalue weighted by Crippen LogP contribution is -2.27. The van der Waals surface area contributed by atoms with Gasteiger partial charge in [0, 0.05) is 31.2 Å². The molecule has 2 aromatic rings. The van der Waals surface area contributed by atoms with Crippen LogP contribution in [0.25, 0.3) is 0 Å². The zero-order valence-electron chi connectivity index (χ0n) is 10.6. The van der Waals surface area contributed by atoms with Crippen molar-refractivity contribution in [2.24, 2.45) is 0 Å². The molecular weight excluding hydrogens is 262 g/mol. The third-order valence-electron chi connectivity index (χ3n) is 2.70. The van der Waals surface area contributed by atoms with Gasteiger partial charge in [0.1, 0.15) is 12.0 Å². The van der Waals surface area contributed by atoms with Crippen LogP contribution in [-0.2, 0) is 0 Å². The normalized spacial score (nSPS) is 10.1.